The van der Waals surface area contributed by atoms with E-state index < -0.39 is 0 Å². The average Bonchev–Trinajstić information content (AvgIpc) is 2.81. The van der Waals surface area contributed by atoms with Crippen molar-refractivity contribution in [3.63, 3.8) is 0 Å². The van der Waals surface area contributed by atoms with Crippen LogP contribution in [-0.4, -0.2) is 17.6 Å². The Kier molecular flexibility index (Phi) is 5.66. The number of amides is 1. The maximum absolute atomic E-state index is 12.1. The molecule has 1 aromatic carbocycles. The summed E-state index contributed by atoms with van der Waals surface area (Å²) < 4.78 is 5.14. The molecule has 0 aliphatic heterocycles. The lowest BCUT2D eigenvalue weighted by Crippen LogP contribution is -2.27. The highest BCUT2D eigenvalue weighted by Crippen LogP contribution is 2.22. The Morgan fingerprint density at radius 1 is 1.35 bits per heavy atom. The van der Waals surface area contributed by atoms with Crippen molar-refractivity contribution in [1.29, 1.82) is 0 Å². The van der Waals surface area contributed by atoms with Crippen LogP contribution in [0.1, 0.15) is 41.2 Å². The first-order valence-electron chi connectivity index (χ1n) is 7.62. The Labute approximate surface area is 141 Å². The number of nitrogens with one attached hydrogen (secondary N) is 2. The highest BCUT2D eigenvalue weighted by Gasteiger charge is 2.12. The van der Waals surface area contributed by atoms with Crippen LogP contribution in [0, 0.1) is 19.8 Å². The summed E-state index contributed by atoms with van der Waals surface area (Å²) in [4.78, 5) is 12.1. The molecule has 0 saturated heterocycles. The maximum Gasteiger partial charge on any atom is 0.252 e. The normalized spacial score (nSPS) is 10.9. The van der Waals surface area contributed by atoms with Gasteiger partial charge in [0, 0.05) is 24.3 Å². The number of halogens is 1. The summed E-state index contributed by atoms with van der Waals surface area (Å²) in [6, 6.07) is 5.33. The van der Waals surface area contributed by atoms with Crippen molar-refractivity contribution >= 4 is 23.2 Å². The van der Waals surface area contributed by atoms with Gasteiger partial charge in [0.1, 0.15) is 5.76 Å². The van der Waals surface area contributed by atoms with Gasteiger partial charge in [-0.2, -0.15) is 0 Å². The molecule has 0 saturated carbocycles. The number of carbonyl (C=O) groups is 1. The van der Waals surface area contributed by atoms with Crippen molar-refractivity contribution in [2.75, 3.05) is 11.9 Å². The molecule has 0 bridgehead atoms. The van der Waals surface area contributed by atoms with E-state index in [-0.39, 0.29) is 5.91 Å². The minimum Gasteiger partial charge on any atom is -0.381 e. The van der Waals surface area contributed by atoms with Crippen LogP contribution in [0.4, 0.5) is 5.69 Å². The van der Waals surface area contributed by atoms with Crippen LogP contribution in [0.3, 0.4) is 0 Å². The third kappa shape index (κ3) is 4.48. The molecule has 2 N–H and O–H groups in total. The Morgan fingerprint density at radius 2 is 2.09 bits per heavy atom. The monoisotopic (exact) mass is 335 g/mol. The molecule has 0 aliphatic rings. The molecule has 0 fully saturated rings. The van der Waals surface area contributed by atoms with E-state index >= 15 is 0 Å². The van der Waals surface area contributed by atoms with Gasteiger partial charge >= 0.3 is 0 Å². The van der Waals surface area contributed by atoms with Crippen LogP contribution in [0.15, 0.2) is 22.7 Å². The van der Waals surface area contributed by atoms with Gasteiger partial charge in [0.15, 0.2) is 0 Å². The van der Waals surface area contributed by atoms with E-state index in [1.54, 1.807) is 12.1 Å². The molecule has 1 aromatic heterocycles. The molecular formula is C17H22ClN3O2. The second-order valence-corrected chi connectivity index (χ2v) is 6.36. The lowest BCUT2D eigenvalue weighted by atomic mass is 10.1. The number of carbonyl (C=O) groups excluding carboxylic acids is 1. The molecule has 6 heteroatoms. The molecule has 1 amide bonds. The first kappa shape index (κ1) is 17.3. The molecule has 2 aromatic rings. The van der Waals surface area contributed by atoms with E-state index in [0.717, 1.165) is 22.7 Å². The Balaban J connectivity index is 2.03. The van der Waals surface area contributed by atoms with Gasteiger partial charge in [-0.3, -0.25) is 4.79 Å². The van der Waals surface area contributed by atoms with Crippen molar-refractivity contribution in [2.45, 2.75) is 34.2 Å². The zero-order chi connectivity index (χ0) is 17.0. The number of rotatable bonds is 6. The molecule has 124 valence electrons. The third-order valence-electron chi connectivity index (χ3n) is 3.54. The van der Waals surface area contributed by atoms with E-state index in [4.69, 9.17) is 16.1 Å². The summed E-state index contributed by atoms with van der Waals surface area (Å²) in [7, 11) is 0. The quantitative estimate of drug-likeness (QED) is 0.839. The number of aryl methyl sites for hydroxylation is 2. The van der Waals surface area contributed by atoms with Crippen LogP contribution in [0.5, 0.6) is 0 Å². The van der Waals surface area contributed by atoms with E-state index in [2.05, 4.69) is 15.8 Å². The van der Waals surface area contributed by atoms with Gasteiger partial charge in [-0.05, 0) is 38.0 Å². The fourth-order valence-electron chi connectivity index (χ4n) is 2.15. The smallest absolute Gasteiger partial charge is 0.252 e. The highest BCUT2D eigenvalue weighted by molar-refractivity contribution is 6.34. The van der Waals surface area contributed by atoms with Crippen molar-refractivity contribution in [1.82, 2.24) is 10.5 Å². The van der Waals surface area contributed by atoms with E-state index in [0.29, 0.717) is 29.6 Å². The van der Waals surface area contributed by atoms with Gasteiger partial charge in [0.05, 0.1) is 16.3 Å². The van der Waals surface area contributed by atoms with Crippen molar-refractivity contribution in [3.05, 3.63) is 45.8 Å². The fourth-order valence-corrected chi connectivity index (χ4v) is 2.41. The first-order valence-corrected chi connectivity index (χ1v) is 7.99. The van der Waals surface area contributed by atoms with E-state index in [1.165, 1.54) is 0 Å². The van der Waals surface area contributed by atoms with Crippen LogP contribution < -0.4 is 10.6 Å². The van der Waals surface area contributed by atoms with Crippen LogP contribution in [-0.2, 0) is 6.54 Å². The molecule has 2 rings (SSSR count). The van der Waals surface area contributed by atoms with Gasteiger partial charge in [-0.15, -0.1) is 0 Å². The predicted octanol–water partition coefficient (Wildman–Crippen LogP) is 3.94. The Hall–Kier alpha value is -2.01. The molecule has 0 radical (unpaired) electrons. The van der Waals surface area contributed by atoms with E-state index in [1.807, 2.05) is 33.8 Å². The summed E-state index contributed by atoms with van der Waals surface area (Å²) in [6.07, 6.45) is 0. The largest absolute Gasteiger partial charge is 0.381 e. The molecular weight excluding hydrogens is 314 g/mol. The second-order valence-electron chi connectivity index (χ2n) is 5.95. The topological polar surface area (TPSA) is 67.2 Å². The van der Waals surface area contributed by atoms with E-state index in [9.17, 15) is 4.79 Å². The molecule has 0 aliphatic carbocycles. The summed E-state index contributed by atoms with van der Waals surface area (Å²) in [6.45, 7) is 9.10. The van der Waals surface area contributed by atoms with Crippen molar-refractivity contribution in [2.24, 2.45) is 5.92 Å². The minimum atomic E-state index is -0.152. The fraction of sp³-hybridized carbons (Fsp3) is 0.412. The maximum atomic E-state index is 12.1. The number of hydrogen-bond donors (Lipinski definition) is 2. The van der Waals surface area contributed by atoms with Gasteiger partial charge in [-0.25, -0.2) is 0 Å². The third-order valence-corrected chi connectivity index (χ3v) is 3.85. The molecule has 0 spiro atoms. The lowest BCUT2D eigenvalue weighted by Gasteiger charge is -2.11. The predicted molar refractivity (Wildman–Crippen MR) is 91.9 cm³/mol. The molecule has 5 nitrogen and oxygen atoms in total. The van der Waals surface area contributed by atoms with Crippen LogP contribution in [0.2, 0.25) is 5.02 Å². The van der Waals surface area contributed by atoms with Gasteiger partial charge < -0.3 is 15.2 Å². The zero-order valence-corrected chi connectivity index (χ0v) is 14.6. The Bertz CT molecular complexity index is 676. The lowest BCUT2D eigenvalue weighted by molar-refractivity contribution is 0.0949. The van der Waals surface area contributed by atoms with Crippen molar-refractivity contribution < 1.29 is 9.32 Å². The molecule has 23 heavy (non-hydrogen) atoms. The van der Waals surface area contributed by atoms with Crippen LogP contribution >= 0.6 is 11.6 Å². The SMILES string of the molecule is Cc1noc(C)c1CNc1ccc(C(=O)NCC(C)C)c(Cl)c1. The number of aromatic nitrogens is 1. The Morgan fingerprint density at radius 3 is 2.65 bits per heavy atom. The minimum absolute atomic E-state index is 0.152. The van der Waals surface area contributed by atoms with Gasteiger partial charge in [-0.1, -0.05) is 30.6 Å². The average molecular weight is 336 g/mol. The summed E-state index contributed by atoms with van der Waals surface area (Å²) >= 11 is 6.23. The van der Waals surface area contributed by atoms with Gasteiger partial charge in [0.25, 0.3) is 5.91 Å². The zero-order valence-electron chi connectivity index (χ0n) is 13.9. The van der Waals surface area contributed by atoms with Crippen LogP contribution in [0.25, 0.3) is 0 Å². The highest BCUT2D eigenvalue weighted by atomic mass is 35.5. The number of nitrogens with zero attached hydrogens (tertiary/aromatic N) is 1. The second kappa shape index (κ2) is 7.51. The first-order chi connectivity index (χ1) is 10.9. The number of benzene rings is 1. The number of anilines is 1. The summed E-state index contributed by atoms with van der Waals surface area (Å²) in [5.74, 6) is 1.04. The van der Waals surface area contributed by atoms with Crippen molar-refractivity contribution in [3.8, 4) is 0 Å². The standard InChI is InChI=1S/C17H22ClN3O2/c1-10(2)8-20-17(22)14-6-5-13(7-16(14)18)19-9-15-11(3)21-23-12(15)4/h5-7,10,19H,8-9H2,1-4H3,(H,20,22). The molecule has 0 unspecified atom stereocenters. The summed E-state index contributed by atoms with van der Waals surface area (Å²) in [5.41, 5.74) is 3.22. The summed E-state index contributed by atoms with van der Waals surface area (Å²) in [5, 5.41) is 10.5. The van der Waals surface area contributed by atoms with Gasteiger partial charge in [0.2, 0.25) is 0 Å². The molecule has 1 heterocycles. The molecule has 0 atom stereocenters. The number of hydrogen-bond acceptors (Lipinski definition) is 4.